The van der Waals surface area contributed by atoms with E-state index in [9.17, 15) is 0 Å². The van der Waals surface area contributed by atoms with Crippen molar-refractivity contribution in [3.8, 4) is 5.75 Å². The molecular weight excluding hydrogens is 211 g/mol. The summed E-state index contributed by atoms with van der Waals surface area (Å²) in [6, 6.07) is 7.72. The maximum absolute atomic E-state index is 5.85. The molecule has 0 aromatic heterocycles. The van der Waals surface area contributed by atoms with Crippen LogP contribution in [0.4, 0.5) is 0 Å². The highest BCUT2D eigenvalue weighted by Crippen LogP contribution is 2.24. The summed E-state index contributed by atoms with van der Waals surface area (Å²) in [5.74, 6) is 1.41. The first-order valence-electron chi connectivity index (χ1n) is 5.79. The molecule has 0 bridgehead atoms. The summed E-state index contributed by atoms with van der Waals surface area (Å²) in [6.07, 6.45) is 0.537. The third-order valence-corrected chi connectivity index (χ3v) is 2.52. The molecular formula is C14H19BO2. The van der Waals surface area contributed by atoms with Crippen molar-refractivity contribution >= 4 is 7.85 Å². The van der Waals surface area contributed by atoms with E-state index in [-0.39, 0.29) is 0 Å². The standard InChI is InChI=1S/C14H19BO2/c1-5-16-11(2)14(3,4)17-13-8-6-12(10-15)7-9-13/h6-9H,2,5,10H2,1,3-4H3. The van der Waals surface area contributed by atoms with Crippen LogP contribution in [-0.2, 0) is 11.1 Å². The summed E-state index contributed by atoms with van der Waals surface area (Å²) >= 11 is 0. The predicted molar refractivity (Wildman–Crippen MR) is 71.4 cm³/mol. The number of hydrogen-bond donors (Lipinski definition) is 0. The lowest BCUT2D eigenvalue weighted by atomic mass is 9.97. The smallest absolute Gasteiger partial charge is 0.159 e. The largest absolute Gasteiger partial charge is 0.495 e. The SMILES string of the molecule is [B]Cc1ccc(OC(C)(C)C(=C)OCC)cc1. The Kier molecular flexibility index (Phi) is 4.67. The Balaban J connectivity index is 2.71. The van der Waals surface area contributed by atoms with Crippen LogP contribution in [0.1, 0.15) is 26.3 Å². The van der Waals surface area contributed by atoms with Gasteiger partial charge in [-0.15, -0.1) is 0 Å². The van der Waals surface area contributed by atoms with Crippen molar-refractivity contribution in [2.45, 2.75) is 32.7 Å². The van der Waals surface area contributed by atoms with Gasteiger partial charge < -0.3 is 9.47 Å². The minimum Gasteiger partial charge on any atom is -0.495 e. The van der Waals surface area contributed by atoms with E-state index >= 15 is 0 Å². The van der Waals surface area contributed by atoms with Crippen molar-refractivity contribution in [3.63, 3.8) is 0 Å². The van der Waals surface area contributed by atoms with Gasteiger partial charge >= 0.3 is 0 Å². The summed E-state index contributed by atoms with van der Waals surface area (Å²) in [5.41, 5.74) is 0.541. The molecule has 0 aliphatic carbocycles. The molecule has 1 rings (SSSR count). The van der Waals surface area contributed by atoms with E-state index in [0.29, 0.717) is 18.7 Å². The summed E-state index contributed by atoms with van der Waals surface area (Å²) in [4.78, 5) is 0. The molecule has 0 aliphatic rings. The van der Waals surface area contributed by atoms with E-state index in [1.807, 2.05) is 45.0 Å². The molecule has 2 radical (unpaired) electrons. The van der Waals surface area contributed by atoms with Crippen molar-refractivity contribution in [1.82, 2.24) is 0 Å². The molecule has 0 amide bonds. The van der Waals surface area contributed by atoms with E-state index < -0.39 is 5.60 Å². The molecule has 0 spiro atoms. The first kappa shape index (κ1) is 13.7. The van der Waals surface area contributed by atoms with Crippen LogP contribution < -0.4 is 4.74 Å². The fraction of sp³-hybridized carbons (Fsp3) is 0.429. The lowest BCUT2D eigenvalue weighted by Gasteiger charge is -2.28. The summed E-state index contributed by atoms with van der Waals surface area (Å²) in [5, 5.41) is 0. The quantitative estimate of drug-likeness (QED) is 0.552. The highest BCUT2D eigenvalue weighted by Gasteiger charge is 2.25. The van der Waals surface area contributed by atoms with Crippen molar-refractivity contribution in [2.24, 2.45) is 0 Å². The predicted octanol–water partition coefficient (Wildman–Crippen LogP) is 3.06. The first-order valence-corrected chi connectivity index (χ1v) is 5.79. The van der Waals surface area contributed by atoms with E-state index in [2.05, 4.69) is 6.58 Å². The van der Waals surface area contributed by atoms with Gasteiger partial charge in [0.1, 0.15) is 11.5 Å². The van der Waals surface area contributed by atoms with Gasteiger partial charge in [-0.05, 0) is 32.9 Å². The zero-order chi connectivity index (χ0) is 12.9. The molecule has 0 saturated carbocycles. The monoisotopic (exact) mass is 230 g/mol. The highest BCUT2D eigenvalue weighted by atomic mass is 16.5. The van der Waals surface area contributed by atoms with Gasteiger partial charge in [-0.3, -0.25) is 0 Å². The van der Waals surface area contributed by atoms with E-state index in [4.69, 9.17) is 17.3 Å². The summed E-state index contributed by atoms with van der Waals surface area (Å²) < 4.78 is 11.2. The molecule has 17 heavy (non-hydrogen) atoms. The molecule has 3 heteroatoms. The van der Waals surface area contributed by atoms with Crippen LogP contribution in [0.15, 0.2) is 36.6 Å². The van der Waals surface area contributed by atoms with E-state index in [1.165, 1.54) is 0 Å². The summed E-state index contributed by atoms with van der Waals surface area (Å²) in [7, 11) is 5.54. The molecule has 0 heterocycles. The maximum Gasteiger partial charge on any atom is 0.159 e. The van der Waals surface area contributed by atoms with Gasteiger partial charge in [0.05, 0.1) is 14.5 Å². The molecule has 0 N–H and O–H groups in total. The topological polar surface area (TPSA) is 18.5 Å². The van der Waals surface area contributed by atoms with Gasteiger partial charge in [-0.1, -0.05) is 30.6 Å². The third kappa shape index (κ3) is 3.84. The van der Waals surface area contributed by atoms with Crippen LogP contribution >= 0.6 is 0 Å². The molecule has 0 unspecified atom stereocenters. The summed E-state index contributed by atoms with van der Waals surface area (Å²) in [6.45, 7) is 10.3. The van der Waals surface area contributed by atoms with Gasteiger partial charge in [0.15, 0.2) is 5.60 Å². The Labute approximate surface area is 105 Å². The molecule has 90 valence electrons. The normalized spacial score (nSPS) is 11.0. The van der Waals surface area contributed by atoms with Crippen molar-refractivity contribution < 1.29 is 9.47 Å². The zero-order valence-corrected chi connectivity index (χ0v) is 10.8. The van der Waals surface area contributed by atoms with Crippen LogP contribution in [0.3, 0.4) is 0 Å². The van der Waals surface area contributed by atoms with Crippen molar-refractivity contribution in [1.29, 1.82) is 0 Å². The second-order valence-electron chi connectivity index (χ2n) is 4.32. The Morgan fingerprint density at radius 2 is 1.88 bits per heavy atom. The Bertz CT molecular complexity index is 368. The lowest BCUT2D eigenvalue weighted by Crippen LogP contribution is -2.31. The Morgan fingerprint density at radius 3 is 2.35 bits per heavy atom. The van der Waals surface area contributed by atoms with Crippen LogP contribution in [0.2, 0.25) is 0 Å². The van der Waals surface area contributed by atoms with Gasteiger partial charge in [0.2, 0.25) is 0 Å². The minimum absolute atomic E-state index is 0.537. The van der Waals surface area contributed by atoms with E-state index in [0.717, 1.165) is 11.3 Å². The minimum atomic E-state index is -0.541. The van der Waals surface area contributed by atoms with Crippen molar-refractivity contribution in [2.75, 3.05) is 6.61 Å². The van der Waals surface area contributed by atoms with Crippen LogP contribution in [0.25, 0.3) is 0 Å². The van der Waals surface area contributed by atoms with Gasteiger partial charge in [0, 0.05) is 0 Å². The first-order chi connectivity index (χ1) is 7.99. The number of benzene rings is 1. The average molecular weight is 230 g/mol. The number of rotatable bonds is 6. The number of hydrogen-bond acceptors (Lipinski definition) is 2. The van der Waals surface area contributed by atoms with Crippen molar-refractivity contribution in [3.05, 3.63) is 42.2 Å². The van der Waals surface area contributed by atoms with Gasteiger partial charge in [-0.25, -0.2) is 0 Å². The Hall–Kier alpha value is -1.38. The molecule has 0 fully saturated rings. The average Bonchev–Trinajstić information content (AvgIpc) is 2.30. The molecule has 0 saturated heterocycles. The maximum atomic E-state index is 5.85. The van der Waals surface area contributed by atoms with E-state index in [1.54, 1.807) is 0 Å². The second-order valence-corrected chi connectivity index (χ2v) is 4.32. The molecule has 0 atom stereocenters. The third-order valence-electron chi connectivity index (χ3n) is 2.52. The fourth-order valence-electron chi connectivity index (χ4n) is 1.39. The van der Waals surface area contributed by atoms with Crippen LogP contribution in [0, 0.1) is 0 Å². The molecule has 1 aromatic rings. The molecule has 1 aromatic carbocycles. The highest BCUT2D eigenvalue weighted by molar-refractivity contribution is 6.08. The fourth-order valence-corrected chi connectivity index (χ4v) is 1.39. The number of ether oxygens (including phenoxy) is 2. The van der Waals surface area contributed by atoms with Gasteiger partial charge in [0.25, 0.3) is 0 Å². The van der Waals surface area contributed by atoms with Gasteiger partial charge in [-0.2, -0.15) is 0 Å². The van der Waals surface area contributed by atoms with Crippen LogP contribution in [-0.4, -0.2) is 20.1 Å². The zero-order valence-electron chi connectivity index (χ0n) is 10.8. The second kappa shape index (κ2) is 5.81. The molecule has 0 aliphatic heterocycles. The molecule has 2 nitrogen and oxygen atoms in total. The Morgan fingerprint density at radius 1 is 1.29 bits per heavy atom. The lowest BCUT2D eigenvalue weighted by molar-refractivity contribution is 0.0643. The van der Waals surface area contributed by atoms with Crippen LogP contribution in [0.5, 0.6) is 5.75 Å².